The van der Waals surface area contributed by atoms with Crippen molar-refractivity contribution in [2.45, 2.75) is 33.6 Å². The van der Waals surface area contributed by atoms with Crippen LogP contribution in [0, 0.1) is 10.1 Å². The lowest BCUT2D eigenvalue weighted by Gasteiger charge is -2.36. The number of esters is 3. The van der Waals surface area contributed by atoms with Gasteiger partial charge < -0.3 is 19.1 Å². The number of nitro groups is 1. The van der Waals surface area contributed by atoms with Crippen molar-refractivity contribution < 1.29 is 33.5 Å². The minimum absolute atomic E-state index is 0.0938. The van der Waals surface area contributed by atoms with Gasteiger partial charge in [-0.2, -0.15) is 0 Å². The van der Waals surface area contributed by atoms with Crippen LogP contribution >= 0.6 is 11.8 Å². The molecule has 10 nitrogen and oxygen atoms in total. The van der Waals surface area contributed by atoms with Crippen molar-refractivity contribution in [1.82, 2.24) is 4.90 Å². The van der Waals surface area contributed by atoms with Crippen molar-refractivity contribution in [1.29, 1.82) is 0 Å². The lowest BCUT2D eigenvalue weighted by atomic mass is 9.81. The Morgan fingerprint density at radius 2 is 1.71 bits per heavy atom. The van der Waals surface area contributed by atoms with E-state index in [4.69, 9.17) is 14.2 Å². The molecule has 0 saturated heterocycles. The van der Waals surface area contributed by atoms with Crippen molar-refractivity contribution in [3.8, 4) is 0 Å². The van der Waals surface area contributed by atoms with Crippen LogP contribution in [0.2, 0.25) is 0 Å². The van der Waals surface area contributed by atoms with Gasteiger partial charge in [0.1, 0.15) is 6.61 Å². The molecular weight excluding hydrogens is 464 g/mol. The van der Waals surface area contributed by atoms with E-state index >= 15 is 0 Å². The molecule has 184 valence electrons. The Kier molecular flexibility index (Phi) is 9.67. The molecule has 2 rings (SSSR count). The van der Waals surface area contributed by atoms with E-state index in [1.54, 1.807) is 38.8 Å². The first-order valence-corrected chi connectivity index (χ1v) is 11.7. The number of carbonyl (C=O) groups excluding carboxylic acids is 3. The van der Waals surface area contributed by atoms with Gasteiger partial charge in [-0.3, -0.25) is 14.9 Å². The third-order valence-electron chi connectivity index (χ3n) is 5.04. The fourth-order valence-electron chi connectivity index (χ4n) is 3.53. The molecule has 1 heterocycles. The normalized spacial score (nSPS) is 15.8. The number of ether oxygens (including phenoxy) is 3. The molecule has 11 heteroatoms. The Morgan fingerprint density at radius 3 is 2.26 bits per heavy atom. The van der Waals surface area contributed by atoms with Gasteiger partial charge in [-0.15, -0.1) is 11.8 Å². The molecule has 0 aromatic heterocycles. The maximum absolute atomic E-state index is 13.2. The smallest absolute Gasteiger partial charge is 0.337 e. The summed E-state index contributed by atoms with van der Waals surface area (Å²) in [6, 6.07) is 5.79. The molecule has 34 heavy (non-hydrogen) atoms. The number of thioether (sulfide) groups is 1. The molecule has 0 spiro atoms. The van der Waals surface area contributed by atoms with Gasteiger partial charge in [-0.25, -0.2) is 9.59 Å². The standard InChI is InChI=1S/C23H28N2O8S/c1-6-31-22(27)18-14(3)24(5)21(34-12-11-33-15(4)26)20(23(28)32-7-2)19(18)16-9-8-10-17(13-16)25(29)30/h8-10,13,19H,6-7,11-12H2,1-5H3. The number of hydrogen-bond acceptors (Lipinski definition) is 10. The minimum Gasteiger partial charge on any atom is -0.465 e. The summed E-state index contributed by atoms with van der Waals surface area (Å²) in [6.07, 6.45) is 0. The highest BCUT2D eigenvalue weighted by molar-refractivity contribution is 8.03. The van der Waals surface area contributed by atoms with E-state index in [9.17, 15) is 24.5 Å². The lowest BCUT2D eigenvalue weighted by molar-refractivity contribution is -0.384. The van der Waals surface area contributed by atoms with Crippen molar-refractivity contribution in [3.63, 3.8) is 0 Å². The highest BCUT2D eigenvalue weighted by Gasteiger charge is 2.41. The molecule has 0 fully saturated rings. The second-order valence-corrected chi connectivity index (χ2v) is 8.28. The second-order valence-electron chi connectivity index (χ2n) is 7.19. The predicted molar refractivity (Wildman–Crippen MR) is 126 cm³/mol. The molecule has 0 N–H and O–H groups in total. The summed E-state index contributed by atoms with van der Waals surface area (Å²) >= 11 is 1.26. The number of nitro benzene ring substituents is 1. The number of rotatable bonds is 10. The third-order valence-corrected chi connectivity index (χ3v) is 6.18. The minimum atomic E-state index is -0.953. The molecule has 0 amide bonds. The number of hydrogen-bond donors (Lipinski definition) is 0. The Bertz CT molecular complexity index is 1030. The number of non-ortho nitro benzene ring substituents is 1. The van der Waals surface area contributed by atoms with Crippen molar-refractivity contribution in [2.75, 3.05) is 32.6 Å². The molecule has 1 aliphatic rings. The average molecular weight is 493 g/mol. The summed E-state index contributed by atoms with van der Waals surface area (Å²) in [7, 11) is 1.70. The first-order valence-electron chi connectivity index (χ1n) is 10.7. The Labute approximate surface area is 202 Å². The quantitative estimate of drug-likeness (QED) is 0.157. The number of allylic oxidation sites excluding steroid dienone is 1. The fraction of sp³-hybridized carbons (Fsp3) is 0.435. The zero-order chi connectivity index (χ0) is 25.4. The maximum atomic E-state index is 13.2. The van der Waals surface area contributed by atoms with Gasteiger partial charge in [0.15, 0.2) is 0 Å². The van der Waals surface area contributed by atoms with Crippen LogP contribution in [-0.2, 0) is 28.6 Å². The molecule has 1 atom stereocenters. The van der Waals surface area contributed by atoms with E-state index in [0.717, 1.165) is 0 Å². The monoisotopic (exact) mass is 492 g/mol. The molecule has 1 aromatic rings. The summed E-state index contributed by atoms with van der Waals surface area (Å²) in [5.74, 6) is -2.33. The number of nitrogens with zero attached hydrogens (tertiary/aromatic N) is 2. The van der Waals surface area contributed by atoms with Gasteiger partial charge in [0, 0.05) is 37.6 Å². The number of carbonyl (C=O) groups is 3. The zero-order valence-corrected chi connectivity index (χ0v) is 20.6. The van der Waals surface area contributed by atoms with E-state index in [1.807, 2.05) is 0 Å². The summed E-state index contributed by atoms with van der Waals surface area (Å²) in [6.45, 7) is 6.67. The summed E-state index contributed by atoms with van der Waals surface area (Å²) < 4.78 is 15.6. The Balaban J connectivity index is 2.73. The van der Waals surface area contributed by atoms with Crippen LogP contribution in [0.25, 0.3) is 0 Å². The van der Waals surface area contributed by atoms with Gasteiger partial charge >= 0.3 is 17.9 Å². The highest BCUT2D eigenvalue weighted by Crippen LogP contribution is 2.46. The van der Waals surface area contributed by atoms with Crippen LogP contribution in [0.3, 0.4) is 0 Å². The van der Waals surface area contributed by atoms with Crippen molar-refractivity contribution in [2.24, 2.45) is 0 Å². The summed E-state index contributed by atoms with van der Waals surface area (Å²) in [5, 5.41) is 11.9. The first-order chi connectivity index (χ1) is 16.1. The molecule has 1 aliphatic heterocycles. The number of benzene rings is 1. The molecular formula is C23H28N2O8S. The maximum Gasteiger partial charge on any atom is 0.337 e. The van der Waals surface area contributed by atoms with Gasteiger partial charge in [0.25, 0.3) is 5.69 Å². The van der Waals surface area contributed by atoms with Gasteiger partial charge in [-0.05, 0) is 26.3 Å². The molecule has 0 radical (unpaired) electrons. The lowest BCUT2D eigenvalue weighted by Crippen LogP contribution is -2.34. The highest BCUT2D eigenvalue weighted by atomic mass is 32.2. The van der Waals surface area contributed by atoms with Crippen LogP contribution < -0.4 is 0 Å². The topological polar surface area (TPSA) is 125 Å². The average Bonchev–Trinajstić information content (AvgIpc) is 2.79. The molecule has 1 unspecified atom stereocenters. The fourth-order valence-corrected chi connectivity index (χ4v) is 4.58. The molecule has 0 bridgehead atoms. The predicted octanol–water partition coefficient (Wildman–Crippen LogP) is 3.53. The van der Waals surface area contributed by atoms with Crippen molar-refractivity contribution >= 4 is 35.4 Å². The zero-order valence-electron chi connectivity index (χ0n) is 19.8. The van der Waals surface area contributed by atoms with Crippen LogP contribution in [0.15, 0.2) is 46.1 Å². The third kappa shape index (κ3) is 6.16. The van der Waals surface area contributed by atoms with Gasteiger partial charge in [-0.1, -0.05) is 12.1 Å². The summed E-state index contributed by atoms with van der Waals surface area (Å²) in [4.78, 5) is 50.0. The van der Waals surface area contributed by atoms with E-state index in [0.29, 0.717) is 22.0 Å². The Hall–Kier alpha value is -3.34. The van der Waals surface area contributed by atoms with Crippen LogP contribution in [0.1, 0.15) is 39.2 Å². The van der Waals surface area contributed by atoms with Gasteiger partial charge in [0.05, 0.1) is 40.2 Å². The largest absolute Gasteiger partial charge is 0.465 e. The Morgan fingerprint density at radius 1 is 1.09 bits per heavy atom. The van der Waals surface area contributed by atoms with E-state index < -0.39 is 28.7 Å². The molecule has 1 aromatic carbocycles. The molecule has 0 aliphatic carbocycles. The van der Waals surface area contributed by atoms with E-state index in [1.165, 1.54) is 36.9 Å². The first kappa shape index (κ1) is 26.9. The van der Waals surface area contributed by atoms with Crippen LogP contribution in [0.4, 0.5) is 5.69 Å². The SMILES string of the molecule is CCOC(=O)C1=C(C)N(C)C(SCCOC(C)=O)=C(C(=O)OCC)C1c1cccc([N+](=O)[O-])c1. The summed E-state index contributed by atoms with van der Waals surface area (Å²) in [5.41, 5.74) is 1.08. The van der Waals surface area contributed by atoms with Gasteiger partial charge in [0.2, 0.25) is 0 Å². The molecule has 0 saturated carbocycles. The van der Waals surface area contributed by atoms with E-state index in [-0.39, 0.29) is 36.7 Å². The van der Waals surface area contributed by atoms with Crippen LogP contribution in [-0.4, -0.2) is 60.4 Å². The second kappa shape index (κ2) is 12.2. The van der Waals surface area contributed by atoms with Crippen LogP contribution in [0.5, 0.6) is 0 Å². The van der Waals surface area contributed by atoms with Crippen molar-refractivity contribution in [3.05, 3.63) is 61.8 Å². The van der Waals surface area contributed by atoms with E-state index in [2.05, 4.69) is 0 Å².